The minimum absolute atomic E-state index is 0.0275. The number of thioether (sulfide) groups is 1. The molecule has 0 aromatic heterocycles. The Labute approximate surface area is 120 Å². The van der Waals surface area contributed by atoms with E-state index in [0.29, 0.717) is 13.2 Å². The van der Waals surface area contributed by atoms with E-state index in [9.17, 15) is 4.79 Å². The third-order valence-electron chi connectivity index (χ3n) is 4.42. The van der Waals surface area contributed by atoms with E-state index in [1.807, 2.05) is 11.8 Å². The predicted molar refractivity (Wildman–Crippen MR) is 79.5 cm³/mol. The smallest absolute Gasteiger partial charge is 0.227 e. The summed E-state index contributed by atoms with van der Waals surface area (Å²) in [6.45, 7) is 4.96. The number of carbonyl (C=O) groups is 1. The van der Waals surface area contributed by atoms with Crippen molar-refractivity contribution in [3.63, 3.8) is 0 Å². The zero-order valence-corrected chi connectivity index (χ0v) is 12.9. The maximum atomic E-state index is 12.3. The van der Waals surface area contributed by atoms with Gasteiger partial charge in [0.2, 0.25) is 5.91 Å². The Balaban J connectivity index is 1.83. The lowest BCUT2D eigenvalue weighted by atomic mass is 10.0. The van der Waals surface area contributed by atoms with E-state index in [2.05, 4.69) is 23.8 Å². The molecule has 0 aromatic carbocycles. The highest BCUT2D eigenvalue weighted by Crippen LogP contribution is 2.39. The van der Waals surface area contributed by atoms with Gasteiger partial charge in [-0.2, -0.15) is 11.8 Å². The lowest BCUT2D eigenvalue weighted by molar-refractivity contribution is -0.125. The standard InChI is InChI=1S/C14H26N2O2S/c1-3-15-12-9-18-8-11(12)13(17)16-10-14(19-2)6-4-5-7-14/h11-12,15H,3-10H2,1-2H3,(H,16,17). The first-order chi connectivity index (χ1) is 9.21. The molecule has 0 aromatic rings. The molecule has 2 fully saturated rings. The highest BCUT2D eigenvalue weighted by Gasteiger charge is 2.37. The Bertz CT molecular complexity index is 306. The molecule has 1 saturated carbocycles. The molecule has 110 valence electrons. The number of nitrogens with one attached hydrogen (secondary N) is 2. The van der Waals surface area contributed by atoms with E-state index in [1.54, 1.807) is 0 Å². The summed E-state index contributed by atoms with van der Waals surface area (Å²) in [5, 5.41) is 6.50. The zero-order chi connectivity index (χ0) is 13.7. The normalized spacial score (nSPS) is 29.6. The minimum Gasteiger partial charge on any atom is -0.379 e. The maximum Gasteiger partial charge on any atom is 0.227 e. The molecule has 2 N–H and O–H groups in total. The van der Waals surface area contributed by atoms with Gasteiger partial charge >= 0.3 is 0 Å². The average Bonchev–Trinajstić information content (AvgIpc) is 3.06. The van der Waals surface area contributed by atoms with Crippen LogP contribution in [0.4, 0.5) is 0 Å². The van der Waals surface area contributed by atoms with Crippen molar-refractivity contribution >= 4 is 17.7 Å². The Morgan fingerprint density at radius 1 is 1.37 bits per heavy atom. The van der Waals surface area contributed by atoms with E-state index in [1.165, 1.54) is 25.7 Å². The van der Waals surface area contributed by atoms with Crippen molar-refractivity contribution in [1.29, 1.82) is 0 Å². The van der Waals surface area contributed by atoms with Crippen molar-refractivity contribution in [2.75, 3.05) is 32.6 Å². The minimum atomic E-state index is -0.0275. The number of rotatable bonds is 6. The van der Waals surface area contributed by atoms with Gasteiger partial charge in [-0.1, -0.05) is 19.8 Å². The molecule has 2 aliphatic rings. The van der Waals surface area contributed by atoms with Gasteiger partial charge < -0.3 is 15.4 Å². The monoisotopic (exact) mass is 286 g/mol. The number of hydrogen-bond donors (Lipinski definition) is 2. The van der Waals surface area contributed by atoms with Gasteiger partial charge in [0.15, 0.2) is 0 Å². The summed E-state index contributed by atoms with van der Waals surface area (Å²) in [5.74, 6) is 0.129. The largest absolute Gasteiger partial charge is 0.379 e. The van der Waals surface area contributed by atoms with Crippen molar-refractivity contribution in [2.24, 2.45) is 5.92 Å². The van der Waals surface area contributed by atoms with Crippen molar-refractivity contribution in [1.82, 2.24) is 10.6 Å². The molecule has 2 unspecified atom stereocenters. The van der Waals surface area contributed by atoms with Crippen LogP contribution in [0.3, 0.4) is 0 Å². The number of amides is 1. The van der Waals surface area contributed by atoms with Crippen LogP contribution >= 0.6 is 11.8 Å². The third kappa shape index (κ3) is 3.64. The van der Waals surface area contributed by atoms with Crippen molar-refractivity contribution in [2.45, 2.75) is 43.4 Å². The van der Waals surface area contributed by atoms with E-state index in [4.69, 9.17) is 4.74 Å². The fourth-order valence-corrected chi connectivity index (χ4v) is 4.04. The molecule has 1 aliphatic heterocycles. The Hall–Kier alpha value is -0.260. The number of likely N-dealkylation sites (N-methyl/N-ethyl adjacent to an activating group) is 1. The summed E-state index contributed by atoms with van der Waals surface area (Å²) < 4.78 is 5.72. The summed E-state index contributed by atoms with van der Waals surface area (Å²) in [6.07, 6.45) is 7.21. The predicted octanol–water partition coefficient (Wildman–Crippen LogP) is 1.40. The number of ether oxygens (including phenoxy) is 1. The SMILES string of the molecule is CCNC1COCC1C(=O)NCC1(SC)CCCC1. The van der Waals surface area contributed by atoms with E-state index >= 15 is 0 Å². The van der Waals surface area contributed by atoms with Crippen LogP contribution in [0.15, 0.2) is 0 Å². The van der Waals surface area contributed by atoms with Crippen LogP contribution in [0.25, 0.3) is 0 Å². The van der Waals surface area contributed by atoms with Gasteiger partial charge in [0, 0.05) is 17.3 Å². The molecule has 5 heteroatoms. The molecule has 2 rings (SSSR count). The van der Waals surface area contributed by atoms with Crippen LogP contribution in [-0.2, 0) is 9.53 Å². The molecule has 0 bridgehead atoms. The van der Waals surface area contributed by atoms with Crippen molar-refractivity contribution in [3.05, 3.63) is 0 Å². The van der Waals surface area contributed by atoms with Gasteiger partial charge in [-0.15, -0.1) is 0 Å². The van der Waals surface area contributed by atoms with Crippen LogP contribution in [0.1, 0.15) is 32.6 Å². The maximum absolute atomic E-state index is 12.3. The molecular weight excluding hydrogens is 260 g/mol. The quantitative estimate of drug-likeness (QED) is 0.775. The Morgan fingerprint density at radius 2 is 2.11 bits per heavy atom. The third-order valence-corrected chi connectivity index (χ3v) is 5.83. The summed E-state index contributed by atoms with van der Waals surface area (Å²) >= 11 is 1.91. The van der Waals surface area contributed by atoms with Gasteiger partial charge in [-0.25, -0.2) is 0 Å². The van der Waals surface area contributed by atoms with Gasteiger partial charge in [0.05, 0.1) is 19.1 Å². The topological polar surface area (TPSA) is 50.4 Å². The van der Waals surface area contributed by atoms with Crippen LogP contribution in [0, 0.1) is 5.92 Å². The van der Waals surface area contributed by atoms with Crippen LogP contribution in [0.5, 0.6) is 0 Å². The summed E-state index contributed by atoms with van der Waals surface area (Å²) in [7, 11) is 0. The van der Waals surface area contributed by atoms with Crippen LogP contribution in [0.2, 0.25) is 0 Å². The fourth-order valence-electron chi connectivity index (χ4n) is 3.13. The lowest BCUT2D eigenvalue weighted by Gasteiger charge is -2.28. The highest BCUT2D eigenvalue weighted by atomic mass is 32.2. The van der Waals surface area contributed by atoms with Crippen molar-refractivity contribution < 1.29 is 9.53 Å². The molecule has 1 saturated heterocycles. The summed E-state index contributed by atoms with van der Waals surface area (Å²) in [6, 6.07) is 0.179. The van der Waals surface area contributed by atoms with Gasteiger partial charge in [0.25, 0.3) is 0 Å². The second-order valence-electron chi connectivity index (χ2n) is 5.62. The Morgan fingerprint density at radius 3 is 2.74 bits per heavy atom. The van der Waals surface area contributed by atoms with Gasteiger partial charge in [-0.05, 0) is 25.6 Å². The summed E-state index contributed by atoms with van der Waals surface area (Å²) in [4.78, 5) is 12.3. The second-order valence-corrected chi connectivity index (χ2v) is 6.89. The second kappa shape index (κ2) is 6.95. The molecule has 1 amide bonds. The number of hydrogen-bond acceptors (Lipinski definition) is 4. The van der Waals surface area contributed by atoms with Crippen LogP contribution < -0.4 is 10.6 Å². The fraction of sp³-hybridized carbons (Fsp3) is 0.929. The van der Waals surface area contributed by atoms with Crippen LogP contribution in [-0.4, -0.2) is 49.3 Å². The molecule has 0 radical (unpaired) electrons. The highest BCUT2D eigenvalue weighted by molar-refractivity contribution is 8.00. The zero-order valence-electron chi connectivity index (χ0n) is 12.0. The molecule has 4 nitrogen and oxygen atoms in total. The first-order valence-electron chi connectivity index (χ1n) is 7.35. The van der Waals surface area contributed by atoms with E-state index in [0.717, 1.165) is 13.1 Å². The van der Waals surface area contributed by atoms with E-state index in [-0.39, 0.29) is 22.6 Å². The number of carbonyl (C=O) groups excluding carboxylic acids is 1. The van der Waals surface area contributed by atoms with Crippen molar-refractivity contribution in [3.8, 4) is 0 Å². The van der Waals surface area contributed by atoms with E-state index < -0.39 is 0 Å². The van der Waals surface area contributed by atoms with Gasteiger partial charge in [0.1, 0.15) is 0 Å². The summed E-state index contributed by atoms with van der Waals surface area (Å²) in [5.41, 5.74) is 0. The average molecular weight is 286 g/mol. The first kappa shape index (κ1) is 15.1. The lowest BCUT2D eigenvalue weighted by Crippen LogP contribution is -2.47. The molecular formula is C14H26N2O2S. The Kier molecular flexibility index (Phi) is 5.54. The molecule has 1 aliphatic carbocycles. The molecule has 0 spiro atoms. The molecule has 19 heavy (non-hydrogen) atoms. The first-order valence-corrected chi connectivity index (χ1v) is 8.57. The molecule has 1 heterocycles. The van der Waals surface area contributed by atoms with Gasteiger partial charge in [-0.3, -0.25) is 4.79 Å². The molecule has 2 atom stereocenters.